The molecule has 1 aliphatic carbocycles. The molecular formula is C25H34ClNO5S2. The van der Waals surface area contributed by atoms with Crippen LogP contribution in [0.15, 0.2) is 12.1 Å². The van der Waals surface area contributed by atoms with Crippen molar-refractivity contribution in [2.45, 2.75) is 59.3 Å². The second kappa shape index (κ2) is 11.0. The van der Waals surface area contributed by atoms with Gasteiger partial charge in [0, 0.05) is 17.8 Å². The summed E-state index contributed by atoms with van der Waals surface area (Å²) in [6.07, 6.45) is 6.12. The first-order chi connectivity index (χ1) is 15.9. The number of methoxy groups -OCH3 is 1. The van der Waals surface area contributed by atoms with Gasteiger partial charge in [-0.25, -0.2) is 13.1 Å². The fourth-order valence-electron chi connectivity index (χ4n) is 4.37. The predicted octanol–water partition coefficient (Wildman–Crippen LogP) is 5.23. The predicted molar refractivity (Wildman–Crippen MR) is 138 cm³/mol. The molecule has 34 heavy (non-hydrogen) atoms. The Morgan fingerprint density at radius 3 is 2.65 bits per heavy atom. The van der Waals surface area contributed by atoms with Gasteiger partial charge in [-0.15, -0.1) is 11.3 Å². The third-order valence-corrected chi connectivity index (χ3v) is 8.59. The molecule has 0 unspecified atom stereocenters. The third-order valence-electron chi connectivity index (χ3n) is 6.12. The van der Waals surface area contributed by atoms with Crippen molar-refractivity contribution < 1.29 is 22.7 Å². The maximum Gasteiger partial charge on any atom is 0.208 e. The van der Waals surface area contributed by atoms with E-state index >= 15 is 0 Å². The van der Waals surface area contributed by atoms with Gasteiger partial charge in [0.15, 0.2) is 17.3 Å². The molecule has 6 nitrogen and oxygen atoms in total. The maximum atomic E-state index is 13.2. The summed E-state index contributed by atoms with van der Waals surface area (Å²) < 4.78 is 35.8. The van der Waals surface area contributed by atoms with E-state index in [9.17, 15) is 13.2 Å². The quantitative estimate of drug-likeness (QED) is 0.319. The van der Waals surface area contributed by atoms with Gasteiger partial charge in [0.1, 0.15) is 6.61 Å². The Labute approximate surface area is 212 Å². The molecule has 0 saturated heterocycles. The summed E-state index contributed by atoms with van der Waals surface area (Å²) in [7, 11) is -1.77. The van der Waals surface area contributed by atoms with Crippen LogP contribution in [0.4, 0.5) is 0 Å². The first-order valence-corrected chi connectivity index (χ1v) is 14.6. The highest BCUT2D eigenvalue weighted by Gasteiger charge is 2.31. The van der Waals surface area contributed by atoms with Gasteiger partial charge < -0.3 is 9.47 Å². The van der Waals surface area contributed by atoms with Crippen molar-refractivity contribution in [1.82, 2.24) is 4.72 Å². The van der Waals surface area contributed by atoms with Gasteiger partial charge in [0.2, 0.25) is 10.0 Å². The lowest BCUT2D eigenvalue weighted by Crippen LogP contribution is -2.27. The Bertz CT molecular complexity index is 1150. The van der Waals surface area contributed by atoms with Crippen LogP contribution >= 0.6 is 22.9 Å². The molecule has 0 saturated carbocycles. The van der Waals surface area contributed by atoms with Crippen LogP contribution < -0.4 is 14.2 Å². The van der Waals surface area contributed by atoms with Crippen molar-refractivity contribution >= 4 is 38.7 Å². The molecule has 0 atom stereocenters. The minimum absolute atomic E-state index is 0.112. The van der Waals surface area contributed by atoms with E-state index in [1.807, 2.05) is 6.07 Å². The molecule has 2 aromatic rings. The zero-order chi connectivity index (χ0) is 25.1. The summed E-state index contributed by atoms with van der Waals surface area (Å²) >= 11 is 8.11. The molecule has 0 bridgehead atoms. The lowest BCUT2D eigenvalue weighted by atomic mass is 9.74. The van der Waals surface area contributed by atoms with E-state index in [2.05, 4.69) is 25.5 Å². The average Bonchev–Trinajstić information content (AvgIpc) is 3.11. The first-order valence-electron chi connectivity index (χ1n) is 11.5. The molecule has 0 fully saturated rings. The number of aryl methyl sites for hydroxylation is 2. The van der Waals surface area contributed by atoms with Crippen LogP contribution in [0.5, 0.6) is 11.5 Å². The Kier molecular flexibility index (Phi) is 8.71. The number of benzene rings is 1. The smallest absolute Gasteiger partial charge is 0.208 e. The van der Waals surface area contributed by atoms with Gasteiger partial charge in [-0.3, -0.25) is 4.79 Å². The molecule has 1 aromatic carbocycles. The fourth-order valence-corrected chi connectivity index (χ4v) is 6.39. The van der Waals surface area contributed by atoms with Gasteiger partial charge in [0.25, 0.3) is 0 Å². The molecular weight excluding hydrogens is 494 g/mol. The van der Waals surface area contributed by atoms with Crippen molar-refractivity contribution in [3.05, 3.63) is 43.6 Å². The van der Waals surface area contributed by atoms with Crippen molar-refractivity contribution in [2.24, 2.45) is 5.41 Å². The summed E-state index contributed by atoms with van der Waals surface area (Å²) in [6.45, 7) is 7.01. The molecule has 1 heterocycles. The van der Waals surface area contributed by atoms with Crippen molar-refractivity contribution in [3.63, 3.8) is 0 Å². The molecule has 3 rings (SSSR count). The summed E-state index contributed by atoms with van der Waals surface area (Å²) in [5.41, 5.74) is 3.85. The average molecular weight is 528 g/mol. The standard InChI is InChI=1S/C25H34ClNO5S2/c1-6-22-18-15-25(2,3)10-9-17(18)24(33-22)20(28)8-7-16-13-19(26)23(21(14-16)31-4)32-12-11-27-34(5,29)30/h13-14,27H,6-12,15H2,1-5H3. The Hall–Kier alpha value is -1.61. The molecule has 1 aromatic heterocycles. The number of fused-ring (bicyclic) bond motifs is 1. The van der Waals surface area contributed by atoms with Crippen molar-refractivity contribution in [1.29, 1.82) is 0 Å². The van der Waals surface area contributed by atoms with E-state index < -0.39 is 10.0 Å². The molecule has 0 radical (unpaired) electrons. The van der Waals surface area contributed by atoms with Crippen LogP contribution in [0.1, 0.15) is 64.9 Å². The number of nitrogens with one attached hydrogen (secondary N) is 1. The van der Waals surface area contributed by atoms with E-state index in [4.69, 9.17) is 21.1 Å². The molecule has 0 amide bonds. The number of hydrogen-bond donors (Lipinski definition) is 1. The van der Waals surface area contributed by atoms with E-state index in [0.717, 1.165) is 42.4 Å². The number of ketones is 1. The topological polar surface area (TPSA) is 81.7 Å². The zero-order valence-electron chi connectivity index (χ0n) is 20.5. The van der Waals surface area contributed by atoms with E-state index in [1.54, 1.807) is 17.4 Å². The summed E-state index contributed by atoms with van der Waals surface area (Å²) in [6, 6.07) is 3.60. The largest absolute Gasteiger partial charge is 0.493 e. The number of halogens is 1. The van der Waals surface area contributed by atoms with Crippen LogP contribution in [0.3, 0.4) is 0 Å². The number of hydrogen-bond acceptors (Lipinski definition) is 6. The van der Waals surface area contributed by atoms with Crippen molar-refractivity contribution in [2.75, 3.05) is 26.5 Å². The van der Waals surface area contributed by atoms with Gasteiger partial charge in [-0.1, -0.05) is 32.4 Å². The Morgan fingerprint density at radius 1 is 1.26 bits per heavy atom. The second-order valence-electron chi connectivity index (χ2n) is 9.55. The number of rotatable bonds is 11. The number of carbonyl (C=O) groups excluding carboxylic acids is 1. The van der Waals surface area contributed by atoms with Gasteiger partial charge >= 0.3 is 0 Å². The van der Waals surface area contributed by atoms with Crippen LogP contribution in [0.2, 0.25) is 5.02 Å². The van der Waals surface area contributed by atoms with Gasteiger partial charge in [-0.05, 0) is 66.3 Å². The molecule has 1 N–H and O–H groups in total. The van der Waals surface area contributed by atoms with Crippen molar-refractivity contribution in [3.8, 4) is 11.5 Å². The van der Waals surface area contributed by atoms with Crippen LogP contribution in [-0.4, -0.2) is 40.7 Å². The van der Waals surface area contributed by atoms with Gasteiger partial charge in [0.05, 0.1) is 23.3 Å². The number of ether oxygens (including phenoxy) is 2. The highest BCUT2D eigenvalue weighted by Crippen LogP contribution is 2.42. The number of sulfonamides is 1. The molecule has 1 aliphatic rings. The van der Waals surface area contributed by atoms with E-state index in [0.29, 0.717) is 29.4 Å². The zero-order valence-corrected chi connectivity index (χ0v) is 22.9. The lowest BCUT2D eigenvalue weighted by molar-refractivity contribution is 0.0985. The van der Waals surface area contributed by atoms with Crippen LogP contribution in [0, 0.1) is 5.41 Å². The third kappa shape index (κ3) is 6.74. The van der Waals surface area contributed by atoms with E-state index in [1.165, 1.54) is 23.1 Å². The number of thiophene rings is 1. The molecule has 188 valence electrons. The minimum atomic E-state index is -3.29. The summed E-state index contributed by atoms with van der Waals surface area (Å²) in [4.78, 5) is 15.5. The molecule has 9 heteroatoms. The molecule has 0 aliphatic heterocycles. The summed E-state index contributed by atoms with van der Waals surface area (Å²) in [5.74, 6) is 0.998. The monoisotopic (exact) mass is 527 g/mol. The highest BCUT2D eigenvalue weighted by atomic mass is 35.5. The number of Topliss-reactive ketones (excluding diaryl/α,β-unsaturated/α-hetero) is 1. The normalized spacial score (nSPS) is 15.1. The minimum Gasteiger partial charge on any atom is -0.493 e. The number of carbonyl (C=O) groups is 1. The fraction of sp³-hybridized carbons (Fsp3) is 0.560. The van der Waals surface area contributed by atoms with Crippen LogP contribution in [-0.2, 0) is 35.7 Å². The van der Waals surface area contributed by atoms with Crippen LogP contribution in [0.25, 0.3) is 0 Å². The second-order valence-corrected chi connectivity index (χ2v) is 12.9. The highest BCUT2D eigenvalue weighted by molar-refractivity contribution is 7.88. The Balaban J connectivity index is 1.69. The molecule has 0 spiro atoms. The maximum absolute atomic E-state index is 13.2. The summed E-state index contributed by atoms with van der Waals surface area (Å²) in [5, 5.41) is 0.366. The van der Waals surface area contributed by atoms with Gasteiger partial charge in [-0.2, -0.15) is 0 Å². The first kappa shape index (κ1) is 27.0. The SMILES string of the molecule is CCc1sc(C(=O)CCc2cc(Cl)c(OCCNS(C)(=O)=O)c(OC)c2)c2c1CC(C)(C)CC2. The Morgan fingerprint density at radius 2 is 2.00 bits per heavy atom. The van der Waals surface area contributed by atoms with E-state index in [-0.39, 0.29) is 24.3 Å². The lowest BCUT2D eigenvalue weighted by Gasteiger charge is -2.30.